The zero-order valence-corrected chi connectivity index (χ0v) is 10.9. The van der Waals surface area contributed by atoms with Crippen molar-refractivity contribution in [1.82, 2.24) is 4.98 Å². The van der Waals surface area contributed by atoms with Crippen LogP contribution < -0.4 is 0 Å². The Kier molecular flexibility index (Phi) is 2.49. The average molecular weight is 254 g/mol. The maximum absolute atomic E-state index is 4.50. The molecule has 0 aliphatic heterocycles. The van der Waals surface area contributed by atoms with E-state index in [1.54, 1.807) is 0 Å². The fourth-order valence-corrected chi connectivity index (χ4v) is 2.60. The van der Waals surface area contributed by atoms with Gasteiger partial charge in [0, 0.05) is 17.0 Å². The molecular weight excluding hydrogens is 242 g/mol. The number of hydrogen-bond donors (Lipinski definition) is 0. The summed E-state index contributed by atoms with van der Waals surface area (Å²) in [4.78, 5) is 4.50. The first-order valence-electron chi connectivity index (χ1n) is 6.66. The van der Waals surface area contributed by atoms with E-state index >= 15 is 0 Å². The molecule has 0 fully saturated rings. The third kappa shape index (κ3) is 1.76. The van der Waals surface area contributed by atoms with Gasteiger partial charge in [-0.3, -0.25) is 4.98 Å². The molecule has 0 unspecified atom stereocenters. The molecule has 3 aromatic carbocycles. The zero-order valence-electron chi connectivity index (χ0n) is 10.9. The van der Waals surface area contributed by atoms with E-state index in [9.17, 15) is 0 Å². The number of rotatable bonds is 1. The monoisotopic (exact) mass is 254 g/mol. The fourth-order valence-electron chi connectivity index (χ4n) is 2.60. The highest BCUT2D eigenvalue weighted by Crippen LogP contribution is 2.28. The van der Waals surface area contributed by atoms with Crippen molar-refractivity contribution in [2.24, 2.45) is 0 Å². The first kappa shape index (κ1) is 11.2. The molecular formula is C19H12N. The smallest absolute Gasteiger partial charge is 0.0708 e. The van der Waals surface area contributed by atoms with Crippen LogP contribution >= 0.6 is 0 Å². The first-order valence-corrected chi connectivity index (χ1v) is 6.66. The van der Waals surface area contributed by atoms with Gasteiger partial charge in [0.15, 0.2) is 0 Å². The number of hydrogen-bond acceptors (Lipinski definition) is 1. The second-order valence-electron chi connectivity index (χ2n) is 4.85. The number of aromatic nitrogens is 1. The molecule has 4 rings (SSSR count). The predicted octanol–water partition coefficient (Wildman–Crippen LogP) is 4.86. The van der Waals surface area contributed by atoms with Gasteiger partial charge in [0.05, 0.1) is 5.52 Å². The lowest BCUT2D eigenvalue weighted by atomic mass is 10.00. The van der Waals surface area contributed by atoms with Crippen molar-refractivity contribution in [2.75, 3.05) is 0 Å². The van der Waals surface area contributed by atoms with Crippen molar-refractivity contribution in [3.63, 3.8) is 0 Å². The highest BCUT2D eigenvalue weighted by atomic mass is 14.6. The Morgan fingerprint density at radius 1 is 0.800 bits per heavy atom. The van der Waals surface area contributed by atoms with Gasteiger partial charge in [-0.25, -0.2) is 0 Å². The molecule has 0 aliphatic rings. The molecule has 0 bridgehead atoms. The molecule has 0 saturated heterocycles. The second kappa shape index (κ2) is 4.46. The summed E-state index contributed by atoms with van der Waals surface area (Å²) in [6, 6.07) is 26.1. The van der Waals surface area contributed by atoms with Gasteiger partial charge in [-0.1, -0.05) is 54.6 Å². The largest absolute Gasteiger partial charge is 0.256 e. The Hall–Kier alpha value is -2.67. The van der Waals surface area contributed by atoms with Gasteiger partial charge in [0.25, 0.3) is 0 Å². The third-order valence-corrected chi connectivity index (χ3v) is 3.61. The summed E-state index contributed by atoms with van der Waals surface area (Å²) < 4.78 is 0. The van der Waals surface area contributed by atoms with Crippen LogP contribution in [0.2, 0.25) is 0 Å². The lowest BCUT2D eigenvalue weighted by molar-refractivity contribution is 1.44. The number of benzene rings is 3. The van der Waals surface area contributed by atoms with Crippen molar-refractivity contribution in [3.05, 3.63) is 79.0 Å². The maximum atomic E-state index is 4.50. The van der Waals surface area contributed by atoms with Crippen LogP contribution in [0.4, 0.5) is 0 Å². The summed E-state index contributed by atoms with van der Waals surface area (Å²) in [5.41, 5.74) is 3.35. The van der Waals surface area contributed by atoms with Gasteiger partial charge in [0.2, 0.25) is 0 Å². The van der Waals surface area contributed by atoms with Crippen LogP contribution in [0.5, 0.6) is 0 Å². The van der Waals surface area contributed by atoms with E-state index in [0.717, 1.165) is 11.1 Å². The molecule has 1 radical (unpaired) electrons. The Morgan fingerprint density at radius 2 is 1.70 bits per heavy atom. The molecule has 1 heterocycles. The highest BCUT2D eigenvalue weighted by molar-refractivity contribution is 6.06. The first-order chi connectivity index (χ1) is 9.92. The minimum absolute atomic E-state index is 1.04. The van der Waals surface area contributed by atoms with Crippen LogP contribution in [0, 0.1) is 6.07 Å². The fraction of sp³-hybridized carbons (Fsp3) is 0. The predicted molar refractivity (Wildman–Crippen MR) is 83.5 cm³/mol. The molecule has 0 atom stereocenters. The van der Waals surface area contributed by atoms with Crippen molar-refractivity contribution < 1.29 is 0 Å². The maximum Gasteiger partial charge on any atom is 0.0708 e. The molecule has 0 amide bonds. The summed E-state index contributed by atoms with van der Waals surface area (Å²) >= 11 is 0. The van der Waals surface area contributed by atoms with Crippen LogP contribution in [0.3, 0.4) is 0 Å². The number of pyridine rings is 1. The summed E-state index contributed by atoms with van der Waals surface area (Å²) in [6.45, 7) is 0. The number of para-hydroxylation sites is 1. The number of fused-ring (bicyclic) bond motifs is 3. The van der Waals surface area contributed by atoms with Gasteiger partial charge in [-0.2, -0.15) is 0 Å². The van der Waals surface area contributed by atoms with Crippen molar-refractivity contribution in [2.45, 2.75) is 0 Å². The third-order valence-electron chi connectivity index (χ3n) is 3.61. The van der Waals surface area contributed by atoms with Crippen molar-refractivity contribution in [3.8, 4) is 11.1 Å². The van der Waals surface area contributed by atoms with E-state index in [1.165, 1.54) is 21.7 Å². The lowest BCUT2D eigenvalue weighted by Crippen LogP contribution is -1.83. The molecule has 0 spiro atoms. The molecule has 93 valence electrons. The van der Waals surface area contributed by atoms with Crippen LogP contribution in [-0.4, -0.2) is 4.98 Å². The molecule has 0 N–H and O–H groups in total. The van der Waals surface area contributed by atoms with Crippen LogP contribution in [0.25, 0.3) is 32.8 Å². The molecule has 1 nitrogen and oxygen atoms in total. The van der Waals surface area contributed by atoms with Gasteiger partial charge in [-0.05, 0) is 34.7 Å². The SMILES string of the molecule is [c]1ccccc1-c1ccc2cnc3ccccc3c2c1. The van der Waals surface area contributed by atoms with Gasteiger partial charge >= 0.3 is 0 Å². The van der Waals surface area contributed by atoms with E-state index in [4.69, 9.17) is 0 Å². The summed E-state index contributed by atoms with van der Waals surface area (Å²) in [5.74, 6) is 0. The van der Waals surface area contributed by atoms with Crippen molar-refractivity contribution >= 4 is 21.7 Å². The van der Waals surface area contributed by atoms with Crippen molar-refractivity contribution in [1.29, 1.82) is 0 Å². The van der Waals surface area contributed by atoms with Crippen LogP contribution in [0.1, 0.15) is 0 Å². The lowest BCUT2D eigenvalue weighted by Gasteiger charge is -2.06. The Bertz CT molecular complexity index is 895. The summed E-state index contributed by atoms with van der Waals surface area (Å²) in [6.07, 6.45) is 1.94. The number of nitrogens with zero attached hydrogens (tertiary/aromatic N) is 1. The van der Waals surface area contributed by atoms with Crippen LogP contribution in [-0.2, 0) is 0 Å². The topological polar surface area (TPSA) is 12.9 Å². The normalized spacial score (nSPS) is 11.0. The molecule has 20 heavy (non-hydrogen) atoms. The van der Waals surface area contributed by atoms with E-state index in [1.807, 2.05) is 30.5 Å². The highest BCUT2D eigenvalue weighted by Gasteiger charge is 2.03. The van der Waals surface area contributed by atoms with Gasteiger partial charge in [-0.15, -0.1) is 0 Å². The summed E-state index contributed by atoms with van der Waals surface area (Å²) in [7, 11) is 0. The molecule has 1 aromatic heterocycles. The standard InChI is InChI=1S/C19H12N/c1-2-6-14(7-3-1)15-10-11-16-13-20-19-9-5-4-8-17(19)18(16)12-15/h1-6,8-13H. The average Bonchev–Trinajstić information content (AvgIpc) is 2.55. The molecule has 0 aliphatic carbocycles. The Balaban J connectivity index is 2.05. The molecule has 1 heteroatoms. The molecule has 4 aromatic rings. The minimum Gasteiger partial charge on any atom is -0.256 e. The van der Waals surface area contributed by atoms with Crippen LogP contribution in [0.15, 0.2) is 72.9 Å². The Labute approximate surface area is 117 Å². The minimum atomic E-state index is 1.04. The van der Waals surface area contributed by atoms with E-state index in [2.05, 4.69) is 53.5 Å². The van der Waals surface area contributed by atoms with E-state index in [-0.39, 0.29) is 0 Å². The molecule has 0 saturated carbocycles. The van der Waals surface area contributed by atoms with E-state index in [0.29, 0.717) is 0 Å². The van der Waals surface area contributed by atoms with E-state index < -0.39 is 0 Å². The summed E-state index contributed by atoms with van der Waals surface area (Å²) in [5, 5.41) is 3.61. The quantitative estimate of drug-likeness (QED) is 0.442. The Morgan fingerprint density at radius 3 is 2.60 bits per heavy atom. The zero-order chi connectivity index (χ0) is 13.4. The van der Waals surface area contributed by atoms with Gasteiger partial charge in [0.1, 0.15) is 0 Å². The van der Waals surface area contributed by atoms with Gasteiger partial charge < -0.3 is 0 Å². The second-order valence-corrected chi connectivity index (χ2v) is 4.85.